The highest BCUT2D eigenvalue weighted by Crippen LogP contribution is 2.40. The second-order valence-electron chi connectivity index (χ2n) is 4.80. The number of benzene rings is 1. The molecule has 0 saturated carbocycles. The molecule has 5 nitrogen and oxygen atoms in total. The van der Waals surface area contributed by atoms with Crippen LogP contribution in [0.1, 0.15) is 19.0 Å². The fourth-order valence-corrected chi connectivity index (χ4v) is 2.75. The molecule has 0 radical (unpaired) electrons. The van der Waals surface area contributed by atoms with Crippen LogP contribution in [-0.2, 0) is 6.42 Å². The molecule has 0 spiro atoms. The van der Waals surface area contributed by atoms with Crippen molar-refractivity contribution in [1.29, 1.82) is 0 Å². The predicted octanol–water partition coefficient (Wildman–Crippen LogP) is 3.21. The van der Waals surface area contributed by atoms with E-state index in [1.807, 2.05) is 19.1 Å². The van der Waals surface area contributed by atoms with E-state index in [0.29, 0.717) is 30.6 Å². The summed E-state index contributed by atoms with van der Waals surface area (Å²) in [6.45, 7) is 3.33. The number of fused-ring (bicyclic) bond motifs is 1. The number of aryl methyl sites for hydroxylation is 1. The number of ether oxygens (including phenoxy) is 2. The molecule has 2 heterocycles. The summed E-state index contributed by atoms with van der Waals surface area (Å²) in [6.07, 6.45) is 1.68. The van der Waals surface area contributed by atoms with Gasteiger partial charge in [0.15, 0.2) is 17.3 Å². The van der Waals surface area contributed by atoms with Gasteiger partial charge in [-0.05, 0) is 34.5 Å². The Labute approximate surface area is 131 Å². The lowest BCUT2D eigenvalue weighted by Crippen LogP contribution is -2.00. The molecule has 6 heteroatoms. The second-order valence-corrected chi connectivity index (χ2v) is 5.65. The number of nitrogens with two attached hydrogens (primary N) is 1. The second kappa shape index (κ2) is 5.89. The first-order chi connectivity index (χ1) is 10.2. The van der Waals surface area contributed by atoms with E-state index >= 15 is 0 Å². The van der Waals surface area contributed by atoms with Gasteiger partial charge < -0.3 is 15.2 Å². The van der Waals surface area contributed by atoms with Gasteiger partial charge in [-0.3, -0.25) is 0 Å². The minimum absolute atomic E-state index is 0.472. The summed E-state index contributed by atoms with van der Waals surface area (Å²) in [5.41, 5.74) is 7.63. The number of nitrogen functional groups attached to an aromatic ring is 1. The zero-order valence-electron chi connectivity index (χ0n) is 11.7. The van der Waals surface area contributed by atoms with Crippen LogP contribution in [0.5, 0.6) is 11.5 Å². The molecule has 1 aromatic carbocycles. The van der Waals surface area contributed by atoms with E-state index < -0.39 is 0 Å². The molecule has 2 aromatic rings. The van der Waals surface area contributed by atoms with Crippen molar-refractivity contribution in [3.8, 4) is 22.9 Å². The van der Waals surface area contributed by atoms with E-state index in [9.17, 15) is 0 Å². The van der Waals surface area contributed by atoms with Crippen molar-refractivity contribution in [1.82, 2.24) is 9.97 Å². The van der Waals surface area contributed by atoms with E-state index in [-0.39, 0.29) is 0 Å². The summed E-state index contributed by atoms with van der Waals surface area (Å²) in [5.74, 6) is 2.51. The van der Waals surface area contributed by atoms with Crippen LogP contribution in [0.15, 0.2) is 22.7 Å². The summed E-state index contributed by atoms with van der Waals surface area (Å²) in [6, 6.07) is 5.63. The van der Waals surface area contributed by atoms with Gasteiger partial charge in [0.1, 0.15) is 5.82 Å². The van der Waals surface area contributed by atoms with Gasteiger partial charge >= 0.3 is 0 Å². The Balaban J connectivity index is 2.09. The Morgan fingerprint density at radius 1 is 1.19 bits per heavy atom. The highest BCUT2D eigenvalue weighted by molar-refractivity contribution is 9.10. The Morgan fingerprint density at radius 3 is 2.81 bits per heavy atom. The van der Waals surface area contributed by atoms with E-state index in [1.54, 1.807) is 6.07 Å². The average molecular weight is 350 g/mol. The summed E-state index contributed by atoms with van der Waals surface area (Å²) < 4.78 is 12.3. The number of hydrogen-bond acceptors (Lipinski definition) is 5. The largest absolute Gasteiger partial charge is 0.489 e. The molecule has 0 bridgehead atoms. The van der Waals surface area contributed by atoms with Gasteiger partial charge in [-0.1, -0.05) is 6.92 Å². The standard InChI is InChI=1S/C15H16BrN3O2/c1-2-10-8-13(17)19-15(18-10)9-6-11(16)14-12(7-9)20-4-3-5-21-14/h6-8H,2-5H2,1H3,(H2,17,18,19). The third-order valence-corrected chi connectivity index (χ3v) is 3.81. The van der Waals surface area contributed by atoms with Crippen LogP contribution in [0.2, 0.25) is 0 Å². The molecular weight excluding hydrogens is 334 g/mol. The lowest BCUT2D eigenvalue weighted by molar-refractivity contribution is 0.296. The minimum atomic E-state index is 0.472. The molecule has 0 saturated heterocycles. The van der Waals surface area contributed by atoms with Crippen molar-refractivity contribution >= 4 is 21.7 Å². The van der Waals surface area contributed by atoms with E-state index in [0.717, 1.165) is 34.3 Å². The van der Waals surface area contributed by atoms with Gasteiger partial charge in [0, 0.05) is 23.7 Å². The van der Waals surface area contributed by atoms with Crippen LogP contribution >= 0.6 is 15.9 Å². The van der Waals surface area contributed by atoms with Gasteiger partial charge in [-0.2, -0.15) is 0 Å². The average Bonchev–Trinajstić information content (AvgIpc) is 2.72. The fraction of sp³-hybridized carbons (Fsp3) is 0.333. The van der Waals surface area contributed by atoms with Crippen molar-refractivity contribution in [2.24, 2.45) is 0 Å². The lowest BCUT2D eigenvalue weighted by atomic mass is 10.1. The quantitative estimate of drug-likeness (QED) is 0.901. The number of anilines is 1. The van der Waals surface area contributed by atoms with Gasteiger partial charge in [-0.15, -0.1) is 0 Å². The van der Waals surface area contributed by atoms with Crippen molar-refractivity contribution in [3.63, 3.8) is 0 Å². The molecular formula is C15H16BrN3O2. The molecule has 21 heavy (non-hydrogen) atoms. The van der Waals surface area contributed by atoms with Crippen LogP contribution in [0.4, 0.5) is 5.82 Å². The van der Waals surface area contributed by atoms with E-state index in [1.165, 1.54) is 0 Å². The first-order valence-corrected chi connectivity index (χ1v) is 7.69. The SMILES string of the molecule is CCc1cc(N)nc(-c2cc(Br)c3c(c2)OCCCO3)n1. The molecule has 110 valence electrons. The zero-order chi connectivity index (χ0) is 14.8. The van der Waals surface area contributed by atoms with Gasteiger partial charge in [0.25, 0.3) is 0 Å². The van der Waals surface area contributed by atoms with Gasteiger partial charge in [-0.25, -0.2) is 9.97 Å². The molecule has 3 rings (SSSR count). The van der Waals surface area contributed by atoms with Crippen molar-refractivity contribution in [3.05, 3.63) is 28.4 Å². The maximum Gasteiger partial charge on any atom is 0.175 e. The highest BCUT2D eigenvalue weighted by Gasteiger charge is 2.17. The number of hydrogen-bond donors (Lipinski definition) is 1. The normalized spacial score (nSPS) is 13.8. The van der Waals surface area contributed by atoms with Crippen LogP contribution in [0.3, 0.4) is 0 Å². The molecule has 1 aliphatic rings. The third kappa shape index (κ3) is 2.95. The number of rotatable bonds is 2. The molecule has 0 unspecified atom stereocenters. The van der Waals surface area contributed by atoms with E-state index in [2.05, 4.69) is 25.9 Å². The summed E-state index contributed by atoms with van der Waals surface area (Å²) in [7, 11) is 0. The highest BCUT2D eigenvalue weighted by atomic mass is 79.9. The maximum absolute atomic E-state index is 5.85. The summed E-state index contributed by atoms with van der Waals surface area (Å²) >= 11 is 3.53. The van der Waals surface area contributed by atoms with Gasteiger partial charge in [0.05, 0.1) is 17.7 Å². The topological polar surface area (TPSA) is 70.3 Å². The van der Waals surface area contributed by atoms with Crippen LogP contribution < -0.4 is 15.2 Å². The third-order valence-electron chi connectivity index (χ3n) is 3.22. The number of nitrogens with zero attached hydrogens (tertiary/aromatic N) is 2. The van der Waals surface area contributed by atoms with Crippen molar-refractivity contribution in [2.75, 3.05) is 18.9 Å². The van der Waals surface area contributed by atoms with Gasteiger partial charge in [0.2, 0.25) is 0 Å². The maximum atomic E-state index is 5.85. The fourth-order valence-electron chi connectivity index (χ4n) is 2.19. The van der Waals surface area contributed by atoms with E-state index in [4.69, 9.17) is 15.2 Å². The van der Waals surface area contributed by atoms with Crippen LogP contribution in [0, 0.1) is 0 Å². The Bertz CT molecular complexity index is 676. The Kier molecular flexibility index (Phi) is 3.96. The lowest BCUT2D eigenvalue weighted by Gasteiger charge is -2.12. The van der Waals surface area contributed by atoms with Crippen molar-refractivity contribution < 1.29 is 9.47 Å². The number of halogens is 1. The summed E-state index contributed by atoms with van der Waals surface area (Å²) in [4.78, 5) is 8.84. The minimum Gasteiger partial charge on any atom is -0.489 e. The molecule has 0 amide bonds. The molecule has 0 atom stereocenters. The Morgan fingerprint density at radius 2 is 2.00 bits per heavy atom. The van der Waals surface area contributed by atoms with Crippen molar-refractivity contribution in [2.45, 2.75) is 19.8 Å². The zero-order valence-corrected chi connectivity index (χ0v) is 13.3. The first kappa shape index (κ1) is 14.1. The molecule has 2 N–H and O–H groups in total. The smallest absolute Gasteiger partial charge is 0.175 e. The first-order valence-electron chi connectivity index (χ1n) is 6.90. The number of aromatic nitrogens is 2. The Hall–Kier alpha value is -1.82. The monoisotopic (exact) mass is 349 g/mol. The molecule has 1 aliphatic heterocycles. The van der Waals surface area contributed by atoms with Crippen LogP contribution in [-0.4, -0.2) is 23.2 Å². The molecule has 0 fully saturated rings. The molecule has 1 aromatic heterocycles. The summed E-state index contributed by atoms with van der Waals surface area (Å²) in [5, 5.41) is 0. The molecule has 0 aliphatic carbocycles. The predicted molar refractivity (Wildman–Crippen MR) is 84.6 cm³/mol. The van der Waals surface area contributed by atoms with Crippen LogP contribution in [0.25, 0.3) is 11.4 Å².